The lowest BCUT2D eigenvalue weighted by Crippen LogP contribution is -2.50. The molecule has 2 aromatic heterocycles. The predicted octanol–water partition coefficient (Wildman–Crippen LogP) is 4.13. The highest BCUT2D eigenvalue weighted by atomic mass is 16.2. The number of pyridine rings is 1. The van der Waals surface area contributed by atoms with Gasteiger partial charge in [0.25, 0.3) is 11.8 Å². The summed E-state index contributed by atoms with van der Waals surface area (Å²) in [6, 6.07) is 17.1. The summed E-state index contributed by atoms with van der Waals surface area (Å²) in [5.74, 6) is 0.243. The first-order chi connectivity index (χ1) is 14.6. The number of aromatic amines is 1. The molecule has 3 N–H and O–H groups in total. The maximum atomic E-state index is 13.0. The van der Waals surface area contributed by atoms with Gasteiger partial charge in [-0.05, 0) is 54.8 Å². The Morgan fingerprint density at radius 3 is 2.77 bits per heavy atom. The van der Waals surface area contributed by atoms with E-state index in [1.54, 1.807) is 6.07 Å². The molecule has 3 heterocycles. The van der Waals surface area contributed by atoms with Gasteiger partial charge >= 0.3 is 0 Å². The lowest BCUT2D eigenvalue weighted by atomic mass is 9.62. The van der Waals surface area contributed by atoms with E-state index in [1.807, 2.05) is 48.5 Å². The van der Waals surface area contributed by atoms with Gasteiger partial charge in [-0.3, -0.25) is 9.59 Å². The van der Waals surface area contributed by atoms with Crippen LogP contribution < -0.4 is 10.6 Å². The molecule has 0 saturated heterocycles. The van der Waals surface area contributed by atoms with Crippen molar-refractivity contribution in [2.45, 2.75) is 24.7 Å². The average molecular weight is 396 g/mol. The highest BCUT2D eigenvalue weighted by molar-refractivity contribution is 6.09. The molecular formula is C24H20N4O2. The number of fused-ring (bicyclic) bond motifs is 5. The molecular weight excluding hydrogens is 376 g/mol. The monoisotopic (exact) mass is 396 g/mol. The molecule has 6 nitrogen and oxygen atoms in total. The normalized spacial score (nSPS) is 16.9. The Bertz CT molecular complexity index is 1350. The van der Waals surface area contributed by atoms with Crippen LogP contribution >= 0.6 is 0 Å². The minimum absolute atomic E-state index is 0.00348. The maximum Gasteiger partial charge on any atom is 0.268 e. The molecule has 0 unspecified atom stereocenters. The third kappa shape index (κ3) is 2.46. The molecule has 1 spiro atoms. The standard InChI is InChI=1S/C24H20N4O2/c29-22(28-19-9-7-14-4-1-2-5-17(14)26-19)15-6-8-18-16(12-15)20-21(27-18)23(30)25-13-24(20)10-3-11-24/h1-2,4-9,12,27H,3,10-11,13H2,(H,25,30)(H,26,28,29). The van der Waals surface area contributed by atoms with Crippen molar-refractivity contribution in [1.29, 1.82) is 0 Å². The summed E-state index contributed by atoms with van der Waals surface area (Å²) in [5.41, 5.74) is 4.00. The number of H-pyrrole nitrogens is 1. The fourth-order valence-electron chi connectivity index (χ4n) is 4.84. The van der Waals surface area contributed by atoms with E-state index < -0.39 is 0 Å². The second kappa shape index (κ2) is 6.16. The van der Waals surface area contributed by atoms with E-state index in [0.717, 1.165) is 46.6 Å². The van der Waals surface area contributed by atoms with Crippen LogP contribution in [-0.4, -0.2) is 28.3 Å². The van der Waals surface area contributed by atoms with E-state index in [9.17, 15) is 9.59 Å². The lowest BCUT2D eigenvalue weighted by Gasteiger charge is -2.45. The molecule has 6 rings (SSSR count). The van der Waals surface area contributed by atoms with Crippen LogP contribution in [0.15, 0.2) is 54.6 Å². The molecule has 1 aliphatic heterocycles. The van der Waals surface area contributed by atoms with Gasteiger partial charge < -0.3 is 15.6 Å². The van der Waals surface area contributed by atoms with Crippen molar-refractivity contribution in [3.05, 3.63) is 71.4 Å². The molecule has 0 atom stereocenters. The van der Waals surface area contributed by atoms with Crippen LogP contribution in [-0.2, 0) is 5.41 Å². The molecule has 4 aromatic rings. The first-order valence-electron chi connectivity index (χ1n) is 10.2. The van der Waals surface area contributed by atoms with Gasteiger partial charge in [-0.25, -0.2) is 4.98 Å². The number of amides is 2. The Morgan fingerprint density at radius 2 is 1.93 bits per heavy atom. The molecule has 0 radical (unpaired) electrons. The van der Waals surface area contributed by atoms with Crippen molar-refractivity contribution < 1.29 is 9.59 Å². The van der Waals surface area contributed by atoms with Crippen LogP contribution in [0.1, 0.15) is 45.7 Å². The fraction of sp³-hybridized carbons (Fsp3) is 0.208. The fourth-order valence-corrected chi connectivity index (χ4v) is 4.84. The summed E-state index contributed by atoms with van der Waals surface area (Å²) in [6.45, 7) is 0.670. The Labute approximate surface area is 172 Å². The van der Waals surface area contributed by atoms with Crippen LogP contribution in [0.5, 0.6) is 0 Å². The molecule has 2 amide bonds. The number of carbonyl (C=O) groups is 2. The minimum Gasteiger partial charge on any atom is -0.350 e. The van der Waals surface area contributed by atoms with Crippen molar-refractivity contribution in [2.24, 2.45) is 0 Å². The molecule has 30 heavy (non-hydrogen) atoms. The number of carbonyl (C=O) groups excluding carboxylic acids is 2. The lowest BCUT2D eigenvalue weighted by molar-refractivity contribution is 0.0892. The summed E-state index contributed by atoms with van der Waals surface area (Å²) in [7, 11) is 0. The smallest absolute Gasteiger partial charge is 0.268 e. The SMILES string of the molecule is O=C(Nc1ccc2ccccc2n1)c1ccc2[nH]c3c(c2c1)C1(CCC1)CNC3=O. The van der Waals surface area contributed by atoms with Gasteiger partial charge in [0.2, 0.25) is 0 Å². The number of rotatable bonds is 2. The third-order valence-electron chi connectivity index (χ3n) is 6.56. The van der Waals surface area contributed by atoms with Crippen molar-refractivity contribution in [3.8, 4) is 0 Å². The molecule has 148 valence electrons. The van der Waals surface area contributed by atoms with Crippen molar-refractivity contribution >= 4 is 39.4 Å². The van der Waals surface area contributed by atoms with Crippen LogP contribution in [0.2, 0.25) is 0 Å². The van der Waals surface area contributed by atoms with E-state index in [4.69, 9.17) is 0 Å². The Morgan fingerprint density at radius 1 is 1.07 bits per heavy atom. The minimum atomic E-state index is -0.211. The van der Waals surface area contributed by atoms with Gasteiger partial charge in [-0.1, -0.05) is 24.6 Å². The van der Waals surface area contributed by atoms with Crippen molar-refractivity contribution in [2.75, 3.05) is 11.9 Å². The first-order valence-corrected chi connectivity index (χ1v) is 10.2. The van der Waals surface area contributed by atoms with E-state index >= 15 is 0 Å². The summed E-state index contributed by atoms with van der Waals surface area (Å²) in [4.78, 5) is 33.2. The van der Waals surface area contributed by atoms with Crippen LogP contribution in [0.25, 0.3) is 21.8 Å². The first kappa shape index (κ1) is 17.2. The van der Waals surface area contributed by atoms with Crippen LogP contribution in [0, 0.1) is 0 Å². The second-order valence-electron chi connectivity index (χ2n) is 8.30. The van der Waals surface area contributed by atoms with Gasteiger partial charge in [-0.15, -0.1) is 0 Å². The van der Waals surface area contributed by atoms with Gasteiger partial charge in [0.15, 0.2) is 0 Å². The van der Waals surface area contributed by atoms with E-state index in [-0.39, 0.29) is 17.2 Å². The Hall–Kier alpha value is -3.67. The van der Waals surface area contributed by atoms with Crippen LogP contribution in [0.3, 0.4) is 0 Å². The number of para-hydroxylation sites is 1. The maximum absolute atomic E-state index is 13.0. The van der Waals surface area contributed by atoms with Crippen LogP contribution in [0.4, 0.5) is 5.82 Å². The Kier molecular flexibility index (Phi) is 3.53. The molecule has 1 aliphatic carbocycles. The number of nitrogens with zero attached hydrogens (tertiary/aromatic N) is 1. The summed E-state index contributed by atoms with van der Waals surface area (Å²) >= 11 is 0. The topological polar surface area (TPSA) is 86.9 Å². The van der Waals surface area contributed by atoms with E-state index in [1.165, 1.54) is 0 Å². The van der Waals surface area contributed by atoms with Gasteiger partial charge in [0.05, 0.1) is 5.52 Å². The van der Waals surface area contributed by atoms with Gasteiger partial charge in [-0.2, -0.15) is 0 Å². The molecule has 2 aromatic carbocycles. The van der Waals surface area contributed by atoms with E-state index in [0.29, 0.717) is 23.6 Å². The zero-order chi connectivity index (χ0) is 20.3. The van der Waals surface area contributed by atoms with Gasteiger partial charge in [0, 0.05) is 33.8 Å². The van der Waals surface area contributed by atoms with Crippen molar-refractivity contribution in [3.63, 3.8) is 0 Å². The molecule has 0 bridgehead atoms. The summed E-state index contributed by atoms with van der Waals surface area (Å²) in [5, 5.41) is 7.92. The molecule has 1 fully saturated rings. The predicted molar refractivity (Wildman–Crippen MR) is 116 cm³/mol. The molecule has 2 aliphatic rings. The number of aromatic nitrogens is 2. The number of hydrogen-bond donors (Lipinski definition) is 3. The summed E-state index contributed by atoms with van der Waals surface area (Å²) < 4.78 is 0. The zero-order valence-electron chi connectivity index (χ0n) is 16.3. The zero-order valence-corrected chi connectivity index (χ0v) is 16.3. The Balaban J connectivity index is 1.38. The summed E-state index contributed by atoms with van der Waals surface area (Å²) in [6.07, 6.45) is 3.28. The molecule has 6 heteroatoms. The number of anilines is 1. The number of hydrogen-bond acceptors (Lipinski definition) is 3. The average Bonchev–Trinajstić information content (AvgIpc) is 3.13. The molecule has 1 saturated carbocycles. The second-order valence-corrected chi connectivity index (χ2v) is 8.30. The van der Waals surface area contributed by atoms with Crippen molar-refractivity contribution in [1.82, 2.24) is 15.3 Å². The largest absolute Gasteiger partial charge is 0.350 e. The third-order valence-corrected chi connectivity index (χ3v) is 6.56. The highest BCUT2D eigenvalue weighted by Gasteiger charge is 2.46. The van der Waals surface area contributed by atoms with E-state index in [2.05, 4.69) is 20.6 Å². The number of nitrogens with one attached hydrogen (secondary N) is 3. The quantitative estimate of drug-likeness (QED) is 0.476. The number of benzene rings is 2. The van der Waals surface area contributed by atoms with Gasteiger partial charge in [0.1, 0.15) is 11.5 Å². The highest BCUT2D eigenvalue weighted by Crippen LogP contribution is 2.49.